The van der Waals surface area contributed by atoms with Crippen molar-refractivity contribution < 1.29 is 19.2 Å². The van der Waals surface area contributed by atoms with Gasteiger partial charge in [0.1, 0.15) is 37.0 Å². The second kappa shape index (κ2) is 4.67. The van der Waals surface area contributed by atoms with Gasteiger partial charge in [-0.2, -0.15) is 0 Å². The van der Waals surface area contributed by atoms with Crippen molar-refractivity contribution >= 4 is 23.6 Å². The summed E-state index contributed by atoms with van der Waals surface area (Å²) in [6.45, 7) is 5.71. The molecule has 24 heavy (non-hydrogen) atoms. The van der Waals surface area contributed by atoms with Gasteiger partial charge >= 0.3 is 0 Å². The van der Waals surface area contributed by atoms with Crippen LogP contribution in [-0.4, -0.2) is 80.2 Å². The highest BCUT2D eigenvalue weighted by Gasteiger charge is 2.69. The molecular weight excluding hydrogens is 316 g/mol. The highest BCUT2D eigenvalue weighted by Crippen LogP contribution is 2.43. The van der Waals surface area contributed by atoms with E-state index in [1.165, 1.54) is 27.7 Å². The number of rotatable bonds is 0. The minimum Gasteiger partial charge on any atom is -0.299 e. The fraction of sp³-hybridized carbons (Fsp3) is 0.714. The third-order valence-electron chi connectivity index (χ3n) is 5.34. The fourth-order valence-corrected chi connectivity index (χ4v) is 4.67. The summed E-state index contributed by atoms with van der Waals surface area (Å²) >= 11 is 0. The molecule has 5 fully saturated rings. The Morgan fingerprint density at radius 3 is 0.917 bits per heavy atom. The number of nitrogens with zero attached hydrogens (tertiary/aromatic N) is 4. The first-order chi connectivity index (χ1) is 11.3. The van der Waals surface area contributed by atoms with Crippen LogP contribution in [0.3, 0.4) is 0 Å². The van der Waals surface area contributed by atoms with Crippen molar-refractivity contribution in [3.8, 4) is 0 Å². The summed E-state index contributed by atoms with van der Waals surface area (Å²) in [4.78, 5) is 55.4. The molecule has 0 aliphatic carbocycles. The Morgan fingerprint density at radius 1 is 0.542 bits per heavy atom. The fourth-order valence-electron chi connectivity index (χ4n) is 4.67. The molecule has 0 saturated carbocycles. The number of carbonyl (C=O) groups is 4. The van der Waals surface area contributed by atoms with Gasteiger partial charge in [-0.15, -0.1) is 0 Å². The molecule has 5 saturated heterocycles. The van der Waals surface area contributed by atoms with Crippen molar-refractivity contribution in [2.75, 3.05) is 0 Å². The molecule has 0 aromatic rings. The molecule has 4 unspecified atom stereocenters. The predicted molar refractivity (Wildman–Crippen MR) is 79.1 cm³/mol. The molecule has 10 heteroatoms. The van der Waals surface area contributed by atoms with E-state index in [2.05, 4.69) is 10.6 Å². The van der Waals surface area contributed by atoms with Crippen molar-refractivity contribution in [1.29, 1.82) is 0 Å². The van der Waals surface area contributed by atoms with Crippen LogP contribution >= 0.6 is 0 Å². The summed E-state index contributed by atoms with van der Waals surface area (Å²) in [6, 6.07) is 0. The Morgan fingerprint density at radius 2 is 0.750 bits per heavy atom. The van der Waals surface area contributed by atoms with E-state index < -0.39 is 37.0 Å². The van der Waals surface area contributed by atoms with Crippen LogP contribution in [-0.2, 0) is 19.2 Å². The molecule has 6 bridgehead atoms. The molecule has 5 aliphatic heterocycles. The van der Waals surface area contributed by atoms with E-state index in [0.29, 0.717) is 0 Å². The molecule has 0 aromatic carbocycles. The predicted octanol–water partition coefficient (Wildman–Crippen LogP) is -2.43. The summed E-state index contributed by atoms with van der Waals surface area (Å²) in [7, 11) is 0. The zero-order valence-electron chi connectivity index (χ0n) is 13.9. The first kappa shape index (κ1) is 15.3. The van der Waals surface area contributed by atoms with Crippen molar-refractivity contribution in [3.63, 3.8) is 0 Å². The highest BCUT2D eigenvalue weighted by molar-refractivity contribution is 5.83. The lowest BCUT2D eigenvalue weighted by molar-refractivity contribution is -0.152. The quantitative estimate of drug-likeness (QED) is 0.510. The van der Waals surface area contributed by atoms with Crippen LogP contribution in [0.25, 0.3) is 0 Å². The average Bonchev–Trinajstić information content (AvgIpc) is 2.85. The molecule has 0 spiro atoms. The van der Waals surface area contributed by atoms with Crippen molar-refractivity contribution in [2.24, 2.45) is 0 Å². The van der Waals surface area contributed by atoms with E-state index in [0.717, 1.165) is 0 Å². The summed E-state index contributed by atoms with van der Waals surface area (Å²) in [5, 5.41) is 6.58. The Labute approximate surface area is 138 Å². The maximum Gasteiger partial charge on any atom is 0.222 e. The summed E-state index contributed by atoms with van der Waals surface area (Å²) < 4.78 is 0. The van der Waals surface area contributed by atoms with Crippen molar-refractivity contribution in [1.82, 2.24) is 30.2 Å². The lowest BCUT2D eigenvalue weighted by Gasteiger charge is -2.42. The summed E-state index contributed by atoms with van der Waals surface area (Å²) in [6.07, 6.45) is -3.14. The normalized spacial score (nSPS) is 38.8. The van der Waals surface area contributed by atoms with Gasteiger partial charge in [-0.05, 0) is 0 Å². The highest BCUT2D eigenvalue weighted by atomic mass is 16.2. The Kier molecular flexibility index (Phi) is 2.98. The lowest BCUT2D eigenvalue weighted by Crippen LogP contribution is -2.73. The number of carbonyl (C=O) groups excluding carboxylic acids is 4. The number of amides is 4. The smallest absolute Gasteiger partial charge is 0.222 e. The maximum absolute atomic E-state index is 12.3. The first-order valence-corrected chi connectivity index (χ1v) is 7.93. The van der Waals surface area contributed by atoms with Crippen molar-refractivity contribution in [2.45, 2.75) is 64.7 Å². The SMILES string of the molecule is CC(=O)N1C2NC3C4NC2N(C(C)=O)C1C(N3C(C)=O)N4C(C)=O. The molecule has 10 nitrogen and oxygen atoms in total. The number of nitrogens with one attached hydrogen (secondary N) is 2. The zero-order chi connectivity index (χ0) is 17.5. The molecule has 130 valence electrons. The van der Waals surface area contributed by atoms with Crippen LogP contribution in [0.1, 0.15) is 27.7 Å². The van der Waals surface area contributed by atoms with Crippen LogP contribution in [0.15, 0.2) is 0 Å². The van der Waals surface area contributed by atoms with Gasteiger partial charge in [-0.3, -0.25) is 49.4 Å². The average molecular weight is 336 g/mol. The topological polar surface area (TPSA) is 105 Å². The van der Waals surface area contributed by atoms with Gasteiger partial charge in [0, 0.05) is 27.7 Å². The van der Waals surface area contributed by atoms with E-state index in [1.54, 1.807) is 19.6 Å². The van der Waals surface area contributed by atoms with Gasteiger partial charge in [0.15, 0.2) is 0 Å². The van der Waals surface area contributed by atoms with Gasteiger partial charge in [-0.1, -0.05) is 0 Å². The van der Waals surface area contributed by atoms with Gasteiger partial charge < -0.3 is 0 Å². The van der Waals surface area contributed by atoms with Gasteiger partial charge in [0.25, 0.3) is 0 Å². The number of piperazine rings is 1. The van der Waals surface area contributed by atoms with Gasteiger partial charge in [0.2, 0.25) is 23.6 Å². The molecule has 5 heterocycles. The second-order valence-corrected chi connectivity index (χ2v) is 6.65. The zero-order valence-corrected chi connectivity index (χ0v) is 13.9. The van der Waals surface area contributed by atoms with Crippen LogP contribution in [0.5, 0.6) is 0 Å². The van der Waals surface area contributed by atoms with E-state index >= 15 is 0 Å². The monoisotopic (exact) mass is 336 g/mol. The van der Waals surface area contributed by atoms with Gasteiger partial charge in [-0.25, -0.2) is 0 Å². The standard InChI is InChI=1S/C14H20N6O4/c1-5(21)17-9-10-16-12-11(15-9)19(7(3)23)14(20(12)8(4)24)13(17)18(10)6(2)22/h9-16H,1-4H3. The third-order valence-corrected chi connectivity index (χ3v) is 5.34. The molecule has 0 aromatic heterocycles. The molecule has 2 N–H and O–H groups in total. The molecule has 0 radical (unpaired) electrons. The number of hydrogen-bond donors (Lipinski definition) is 2. The number of hydrogen-bond acceptors (Lipinski definition) is 6. The van der Waals surface area contributed by atoms with Crippen LogP contribution in [0, 0.1) is 0 Å². The molecule has 4 amide bonds. The Balaban J connectivity index is 1.93. The minimum absolute atomic E-state index is 0.217. The summed E-state index contributed by atoms with van der Waals surface area (Å²) in [5.41, 5.74) is 0. The van der Waals surface area contributed by atoms with Crippen LogP contribution in [0.2, 0.25) is 0 Å². The van der Waals surface area contributed by atoms with E-state index in [9.17, 15) is 19.2 Å². The third kappa shape index (κ3) is 1.62. The minimum atomic E-state index is -0.708. The van der Waals surface area contributed by atoms with Crippen LogP contribution in [0.4, 0.5) is 0 Å². The Hall–Kier alpha value is -2.20. The maximum atomic E-state index is 12.3. The van der Waals surface area contributed by atoms with E-state index in [-0.39, 0.29) is 23.6 Å². The Bertz CT molecular complexity index is 560. The lowest BCUT2D eigenvalue weighted by atomic mass is 10.2. The second-order valence-electron chi connectivity index (χ2n) is 6.65. The largest absolute Gasteiger partial charge is 0.299 e. The molecular formula is C14H20N6O4. The molecule has 4 atom stereocenters. The molecule has 5 aliphatic rings. The van der Waals surface area contributed by atoms with E-state index in [1.807, 2.05) is 0 Å². The molecule has 5 rings (SSSR count). The van der Waals surface area contributed by atoms with Gasteiger partial charge in [0.05, 0.1) is 0 Å². The summed E-state index contributed by atoms with van der Waals surface area (Å²) in [5.74, 6) is -0.866. The van der Waals surface area contributed by atoms with Crippen molar-refractivity contribution in [3.05, 3.63) is 0 Å². The van der Waals surface area contributed by atoms with E-state index in [4.69, 9.17) is 0 Å². The first-order valence-electron chi connectivity index (χ1n) is 7.93. The van der Waals surface area contributed by atoms with Crippen LogP contribution < -0.4 is 10.6 Å².